The Morgan fingerprint density at radius 2 is 1.82 bits per heavy atom. The minimum atomic E-state index is -1.86. The maximum absolute atomic E-state index is 13.8. The molecule has 0 unspecified atom stereocenters. The molecule has 38 heavy (non-hydrogen) atoms. The number of thiophene rings is 1. The number of ether oxygens (including phenoxy) is 2. The van der Waals surface area contributed by atoms with Crippen LogP contribution in [0, 0.1) is 12.7 Å². The number of carbonyl (C=O) groups excluding carboxylic acids is 1. The number of carbonyl (C=O) groups is 2. The summed E-state index contributed by atoms with van der Waals surface area (Å²) >= 11 is 0.925. The summed E-state index contributed by atoms with van der Waals surface area (Å²) in [5, 5.41) is 17.6. The summed E-state index contributed by atoms with van der Waals surface area (Å²) in [6.45, 7) is 8.04. The number of aryl methyl sites for hydroxylation is 3. The first-order valence-corrected chi connectivity index (χ1v) is 12.8. The molecule has 0 radical (unpaired) electrons. The fraction of sp³-hybridized carbons (Fsp3) is 0.462. The Hall–Kier alpha value is -3.51. The number of benzene rings is 1. The standard InChI is InChI=1S/C23H25FN2O7S.C3H8O/c1-6-33-20(28)17-12(2)16-18(27)26(23(3,4)21(29)30)22(31)25(19(16)34-17)10-9-13-11-14(24)7-8-15(13)32-5;1-2-3-4/h7-8,11H,6,9-10H2,1-5H3,(H,29,30);4H,2-3H2,1H3. The number of halogens is 1. The molecule has 1 aromatic carbocycles. The first-order valence-electron chi connectivity index (χ1n) is 12.0. The van der Waals surface area contributed by atoms with Crippen molar-refractivity contribution in [3.8, 4) is 5.75 Å². The van der Waals surface area contributed by atoms with Gasteiger partial charge >= 0.3 is 17.6 Å². The Balaban J connectivity index is 0.00000118. The van der Waals surface area contributed by atoms with Crippen LogP contribution in [0.1, 0.15) is 54.9 Å². The number of carboxylic acid groups (broad SMARTS) is 1. The predicted molar refractivity (Wildman–Crippen MR) is 142 cm³/mol. The molecule has 0 saturated carbocycles. The van der Waals surface area contributed by atoms with Gasteiger partial charge in [-0.3, -0.25) is 9.36 Å². The fourth-order valence-corrected chi connectivity index (χ4v) is 4.91. The van der Waals surface area contributed by atoms with Gasteiger partial charge in [0.25, 0.3) is 5.56 Å². The lowest BCUT2D eigenvalue weighted by Crippen LogP contribution is -2.52. The average Bonchev–Trinajstić information content (AvgIpc) is 3.21. The molecule has 0 saturated heterocycles. The van der Waals surface area contributed by atoms with Gasteiger partial charge < -0.3 is 19.7 Å². The zero-order valence-electron chi connectivity index (χ0n) is 22.3. The molecule has 2 heterocycles. The quantitative estimate of drug-likeness (QED) is 0.386. The molecular weight excluding hydrogens is 519 g/mol. The predicted octanol–water partition coefficient (Wildman–Crippen LogP) is 3.31. The van der Waals surface area contributed by atoms with E-state index in [1.54, 1.807) is 13.8 Å². The number of aliphatic hydroxyl groups excluding tert-OH is 1. The fourth-order valence-electron chi connectivity index (χ4n) is 3.70. The van der Waals surface area contributed by atoms with Crippen molar-refractivity contribution in [1.82, 2.24) is 9.13 Å². The van der Waals surface area contributed by atoms with E-state index in [0.29, 0.717) is 28.1 Å². The van der Waals surface area contributed by atoms with E-state index in [1.165, 1.54) is 43.7 Å². The summed E-state index contributed by atoms with van der Waals surface area (Å²) in [6.07, 6.45) is 1.02. The second-order valence-corrected chi connectivity index (χ2v) is 9.82. The number of esters is 1. The minimum Gasteiger partial charge on any atom is -0.496 e. The second kappa shape index (κ2) is 12.8. The minimum absolute atomic E-state index is 0.0205. The van der Waals surface area contributed by atoms with Crippen LogP contribution in [0.25, 0.3) is 10.2 Å². The zero-order chi connectivity index (χ0) is 28.8. The number of rotatable bonds is 9. The molecule has 10 nitrogen and oxygen atoms in total. The lowest BCUT2D eigenvalue weighted by molar-refractivity contribution is -0.146. The van der Waals surface area contributed by atoms with Crippen LogP contribution in [-0.2, 0) is 28.0 Å². The second-order valence-electron chi connectivity index (χ2n) is 8.83. The third-order valence-corrected chi connectivity index (χ3v) is 7.12. The van der Waals surface area contributed by atoms with E-state index in [9.17, 15) is 28.7 Å². The number of aliphatic carboxylic acids is 1. The lowest BCUT2D eigenvalue weighted by Gasteiger charge is -2.23. The number of carboxylic acids is 1. The third kappa shape index (κ3) is 6.13. The highest BCUT2D eigenvalue weighted by atomic mass is 32.1. The van der Waals surface area contributed by atoms with Gasteiger partial charge in [0, 0.05) is 13.2 Å². The van der Waals surface area contributed by atoms with E-state index in [0.717, 1.165) is 17.8 Å². The molecule has 0 atom stereocenters. The van der Waals surface area contributed by atoms with E-state index in [1.807, 2.05) is 6.92 Å². The summed E-state index contributed by atoms with van der Waals surface area (Å²) in [6, 6.07) is 3.99. The van der Waals surface area contributed by atoms with Gasteiger partial charge in [-0.2, -0.15) is 0 Å². The highest BCUT2D eigenvalue weighted by Crippen LogP contribution is 2.30. The Morgan fingerprint density at radius 3 is 2.34 bits per heavy atom. The summed E-state index contributed by atoms with van der Waals surface area (Å²) in [5.74, 6) is -2.08. The van der Waals surface area contributed by atoms with Crippen molar-refractivity contribution in [2.75, 3.05) is 20.3 Å². The van der Waals surface area contributed by atoms with Crippen molar-refractivity contribution >= 4 is 33.5 Å². The van der Waals surface area contributed by atoms with Crippen molar-refractivity contribution < 1.29 is 33.7 Å². The van der Waals surface area contributed by atoms with Gasteiger partial charge in [-0.15, -0.1) is 11.3 Å². The van der Waals surface area contributed by atoms with E-state index in [-0.39, 0.29) is 34.7 Å². The average molecular weight is 553 g/mol. The number of aromatic nitrogens is 2. The van der Waals surface area contributed by atoms with Crippen molar-refractivity contribution in [3.05, 3.63) is 60.9 Å². The molecule has 0 aliphatic heterocycles. The van der Waals surface area contributed by atoms with Crippen LogP contribution in [0.2, 0.25) is 0 Å². The molecule has 2 aromatic heterocycles. The summed E-state index contributed by atoms with van der Waals surface area (Å²) < 4.78 is 26.1. The molecule has 0 aliphatic carbocycles. The number of fused-ring (bicyclic) bond motifs is 1. The van der Waals surface area contributed by atoms with Crippen molar-refractivity contribution in [2.24, 2.45) is 0 Å². The largest absolute Gasteiger partial charge is 0.496 e. The first kappa shape index (κ1) is 30.7. The highest BCUT2D eigenvalue weighted by molar-refractivity contribution is 7.20. The van der Waals surface area contributed by atoms with Crippen LogP contribution < -0.4 is 16.0 Å². The molecule has 0 fully saturated rings. The topological polar surface area (TPSA) is 137 Å². The number of hydrogen-bond donors (Lipinski definition) is 2. The van der Waals surface area contributed by atoms with Crippen LogP contribution in [0.15, 0.2) is 27.8 Å². The maximum Gasteiger partial charge on any atom is 0.348 e. The number of aliphatic hydroxyl groups is 1. The highest BCUT2D eigenvalue weighted by Gasteiger charge is 2.35. The molecular formula is C26H33FN2O8S. The molecule has 0 aliphatic rings. The lowest BCUT2D eigenvalue weighted by atomic mass is 10.1. The van der Waals surface area contributed by atoms with Crippen LogP contribution in [-0.4, -0.2) is 51.6 Å². The third-order valence-electron chi connectivity index (χ3n) is 5.83. The van der Waals surface area contributed by atoms with Crippen molar-refractivity contribution in [3.63, 3.8) is 0 Å². The van der Waals surface area contributed by atoms with Crippen molar-refractivity contribution in [2.45, 2.75) is 59.5 Å². The van der Waals surface area contributed by atoms with E-state index in [4.69, 9.17) is 14.6 Å². The van der Waals surface area contributed by atoms with Gasteiger partial charge in [-0.25, -0.2) is 23.3 Å². The zero-order valence-corrected chi connectivity index (χ0v) is 23.1. The van der Waals surface area contributed by atoms with Gasteiger partial charge in [-0.1, -0.05) is 6.92 Å². The SMILES string of the molecule is CCCO.CCOC(=O)c1sc2c(c1C)c(=O)n(C(C)(C)C(=O)O)c(=O)n2CCc1cc(F)ccc1OC. The number of methoxy groups -OCH3 is 1. The summed E-state index contributed by atoms with van der Waals surface area (Å²) in [4.78, 5) is 51.6. The maximum atomic E-state index is 13.8. The van der Waals surface area contributed by atoms with E-state index >= 15 is 0 Å². The van der Waals surface area contributed by atoms with Crippen LogP contribution in [0.5, 0.6) is 5.75 Å². The van der Waals surface area contributed by atoms with Gasteiger partial charge in [0.05, 0.1) is 19.1 Å². The summed E-state index contributed by atoms with van der Waals surface area (Å²) in [5.41, 5.74) is -2.74. The Kier molecular flexibility index (Phi) is 10.4. The normalized spacial score (nSPS) is 11.2. The molecule has 3 aromatic rings. The monoisotopic (exact) mass is 552 g/mol. The summed E-state index contributed by atoms with van der Waals surface area (Å²) in [7, 11) is 1.44. The van der Waals surface area contributed by atoms with Gasteiger partial charge in [0.1, 0.15) is 26.8 Å². The van der Waals surface area contributed by atoms with E-state index in [2.05, 4.69) is 0 Å². The van der Waals surface area contributed by atoms with E-state index < -0.39 is 34.5 Å². The first-order chi connectivity index (χ1) is 17.9. The van der Waals surface area contributed by atoms with Gasteiger partial charge in [0.15, 0.2) is 0 Å². The number of hydrogen-bond acceptors (Lipinski definition) is 8. The number of nitrogens with zero attached hydrogens (tertiary/aromatic N) is 2. The molecule has 0 bridgehead atoms. The molecule has 3 rings (SSSR count). The molecule has 2 N–H and O–H groups in total. The smallest absolute Gasteiger partial charge is 0.348 e. The Bertz CT molecular complexity index is 1440. The molecule has 208 valence electrons. The van der Waals surface area contributed by atoms with Gasteiger partial charge in [-0.05, 0) is 69.9 Å². The Labute approximate surface area is 222 Å². The Morgan fingerprint density at radius 1 is 1.18 bits per heavy atom. The molecule has 0 spiro atoms. The molecule has 0 amide bonds. The van der Waals surface area contributed by atoms with Crippen LogP contribution >= 0.6 is 11.3 Å². The van der Waals surface area contributed by atoms with Crippen molar-refractivity contribution in [1.29, 1.82) is 0 Å². The van der Waals surface area contributed by atoms with Crippen LogP contribution in [0.4, 0.5) is 4.39 Å². The molecule has 12 heteroatoms. The van der Waals surface area contributed by atoms with Crippen LogP contribution in [0.3, 0.4) is 0 Å². The van der Waals surface area contributed by atoms with Gasteiger partial charge in [0.2, 0.25) is 0 Å².